The molecule has 1 rings (SSSR count). The van der Waals surface area contributed by atoms with Gasteiger partial charge in [-0.15, -0.1) is 0 Å². The topological polar surface area (TPSA) is 49.3 Å². The van der Waals surface area contributed by atoms with E-state index in [1.165, 1.54) is 0 Å². The molecule has 3 nitrogen and oxygen atoms in total. The molecule has 16 heavy (non-hydrogen) atoms. The van der Waals surface area contributed by atoms with E-state index in [1.54, 1.807) is 0 Å². The number of rotatable bonds is 4. The molecule has 1 aromatic carbocycles. The maximum absolute atomic E-state index is 11.9. The summed E-state index contributed by atoms with van der Waals surface area (Å²) in [5.74, 6) is -0.119. The monoisotopic (exact) mass is 397 g/mol. The zero-order chi connectivity index (χ0) is 12.1. The van der Waals surface area contributed by atoms with E-state index in [0.717, 1.165) is 8.04 Å². The second kappa shape index (κ2) is 6.56. The van der Waals surface area contributed by atoms with Crippen molar-refractivity contribution in [3.8, 4) is 0 Å². The van der Waals surface area contributed by atoms with Gasteiger partial charge in [-0.1, -0.05) is 0 Å². The van der Waals surface area contributed by atoms with Crippen LogP contribution in [0.15, 0.2) is 22.7 Å². The summed E-state index contributed by atoms with van der Waals surface area (Å²) in [6.45, 7) is 1.95. The van der Waals surface area contributed by atoms with Crippen LogP contribution in [0.25, 0.3) is 0 Å². The fraction of sp³-hybridized carbons (Fsp3) is 0.364. The van der Waals surface area contributed by atoms with Crippen LogP contribution in [-0.2, 0) is 0 Å². The Balaban J connectivity index is 2.76. The molecular formula is C11H13BrINO2. The van der Waals surface area contributed by atoms with Crippen molar-refractivity contribution in [3.05, 3.63) is 31.8 Å². The minimum absolute atomic E-state index is 0.0257. The van der Waals surface area contributed by atoms with Gasteiger partial charge in [-0.2, -0.15) is 0 Å². The predicted molar refractivity (Wildman–Crippen MR) is 75.5 cm³/mol. The number of halogens is 2. The van der Waals surface area contributed by atoms with E-state index < -0.39 is 0 Å². The number of carbonyl (C=O) groups excluding carboxylic acids is 1. The van der Waals surface area contributed by atoms with Crippen LogP contribution in [0, 0.1) is 3.57 Å². The van der Waals surface area contributed by atoms with Crippen LogP contribution in [0.5, 0.6) is 0 Å². The molecular weight excluding hydrogens is 385 g/mol. The lowest BCUT2D eigenvalue weighted by molar-refractivity contribution is 0.0933. The van der Waals surface area contributed by atoms with Crippen molar-refractivity contribution in [2.75, 3.05) is 6.61 Å². The fourth-order valence-electron chi connectivity index (χ4n) is 1.24. The molecule has 0 radical (unpaired) electrons. The number of hydrogen-bond donors (Lipinski definition) is 2. The summed E-state index contributed by atoms with van der Waals surface area (Å²) in [6, 6.07) is 5.58. The van der Waals surface area contributed by atoms with E-state index in [4.69, 9.17) is 5.11 Å². The molecule has 1 aromatic rings. The summed E-state index contributed by atoms with van der Waals surface area (Å²) in [5, 5.41) is 11.6. The Bertz CT molecular complexity index is 384. The van der Waals surface area contributed by atoms with Crippen LogP contribution in [0.2, 0.25) is 0 Å². The smallest absolute Gasteiger partial charge is 0.252 e. The third-order valence-electron chi connectivity index (χ3n) is 2.11. The van der Waals surface area contributed by atoms with Crippen LogP contribution in [-0.4, -0.2) is 23.7 Å². The maximum atomic E-state index is 11.9. The molecule has 0 aliphatic carbocycles. The van der Waals surface area contributed by atoms with Gasteiger partial charge in [0.2, 0.25) is 0 Å². The molecule has 0 aromatic heterocycles. The van der Waals surface area contributed by atoms with Gasteiger partial charge in [-0.3, -0.25) is 4.79 Å². The van der Waals surface area contributed by atoms with E-state index in [-0.39, 0.29) is 18.6 Å². The normalized spacial score (nSPS) is 12.2. The summed E-state index contributed by atoms with van der Waals surface area (Å²) in [6.07, 6.45) is 0.563. The van der Waals surface area contributed by atoms with Gasteiger partial charge in [0.15, 0.2) is 0 Å². The van der Waals surface area contributed by atoms with Crippen molar-refractivity contribution in [2.45, 2.75) is 19.4 Å². The highest BCUT2D eigenvalue weighted by molar-refractivity contribution is 14.1. The molecule has 0 spiro atoms. The molecule has 2 N–H and O–H groups in total. The Hall–Kier alpha value is -0.140. The lowest BCUT2D eigenvalue weighted by Gasteiger charge is -2.13. The lowest BCUT2D eigenvalue weighted by Crippen LogP contribution is -2.33. The number of amides is 1. The zero-order valence-electron chi connectivity index (χ0n) is 8.84. The number of carbonyl (C=O) groups is 1. The Morgan fingerprint density at radius 2 is 2.31 bits per heavy atom. The van der Waals surface area contributed by atoms with Gasteiger partial charge in [0, 0.05) is 20.7 Å². The molecule has 0 fully saturated rings. The maximum Gasteiger partial charge on any atom is 0.252 e. The number of aliphatic hydroxyl groups excluding tert-OH is 1. The summed E-state index contributed by atoms with van der Waals surface area (Å²) in [7, 11) is 0. The van der Waals surface area contributed by atoms with Crippen LogP contribution >= 0.6 is 38.5 Å². The number of benzene rings is 1. The third-order valence-corrected chi connectivity index (χ3v) is 3.48. The first-order valence-electron chi connectivity index (χ1n) is 4.91. The van der Waals surface area contributed by atoms with Crippen LogP contribution < -0.4 is 5.32 Å². The molecule has 88 valence electrons. The van der Waals surface area contributed by atoms with Gasteiger partial charge in [-0.25, -0.2) is 0 Å². The number of hydrogen-bond acceptors (Lipinski definition) is 2. The lowest BCUT2D eigenvalue weighted by atomic mass is 10.2. The first-order chi connectivity index (χ1) is 7.54. The quantitative estimate of drug-likeness (QED) is 0.767. The van der Waals surface area contributed by atoms with Gasteiger partial charge >= 0.3 is 0 Å². The van der Waals surface area contributed by atoms with Crippen molar-refractivity contribution in [1.82, 2.24) is 5.32 Å². The highest BCUT2D eigenvalue weighted by atomic mass is 127. The second-order valence-electron chi connectivity index (χ2n) is 3.51. The van der Waals surface area contributed by atoms with Crippen LogP contribution in [0.3, 0.4) is 0 Å². The van der Waals surface area contributed by atoms with Crippen molar-refractivity contribution < 1.29 is 9.90 Å². The van der Waals surface area contributed by atoms with E-state index >= 15 is 0 Å². The molecule has 0 aliphatic rings. The molecule has 0 saturated heterocycles. The summed E-state index contributed by atoms with van der Waals surface area (Å²) in [4.78, 5) is 11.9. The standard InChI is InChI=1S/C11H13BrINO2/c1-7(4-5-15)14-11(16)9-6-8(13)2-3-10(9)12/h2-3,6-7,15H,4-5H2,1H3,(H,14,16). The van der Waals surface area contributed by atoms with Crippen LogP contribution in [0.1, 0.15) is 23.7 Å². The third kappa shape index (κ3) is 4.03. The summed E-state index contributed by atoms with van der Waals surface area (Å²) < 4.78 is 1.79. The average molecular weight is 398 g/mol. The van der Waals surface area contributed by atoms with Gasteiger partial charge in [0.1, 0.15) is 0 Å². The second-order valence-corrected chi connectivity index (χ2v) is 5.61. The van der Waals surface area contributed by atoms with Gasteiger partial charge in [-0.05, 0) is 70.1 Å². The molecule has 0 bridgehead atoms. The first kappa shape index (κ1) is 13.9. The fourth-order valence-corrected chi connectivity index (χ4v) is 2.16. The largest absolute Gasteiger partial charge is 0.396 e. The highest BCUT2D eigenvalue weighted by Gasteiger charge is 2.12. The Labute approximate surface area is 117 Å². The predicted octanol–water partition coefficient (Wildman–Crippen LogP) is 2.55. The van der Waals surface area contributed by atoms with E-state index in [2.05, 4.69) is 43.8 Å². The van der Waals surface area contributed by atoms with E-state index in [0.29, 0.717) is 12.0 Å². The Morgan fingerprint density at radius 1 is 1.62 bits per heavy atom. The molecule has 1 atom stereocenters. The van der Waals surface area contributed by atoms with Crippen LogP contribution in [0.4, 0.5) is 0 Å². The first-order valence-corrected chi connectivity index (χ1v) is 6.78. The van der Waals surface area contributed by atoms with Crippen molar-refractivity contribution >= 4 is 44.4 Å². The summed E-state index contributed by atoms with van der Waals surface area (Å²) >= 11 is 5.51. The Kier molecular flexibility index (Phi) is 5.71. The highest BCUT2D eigenvalue weighted by Crippen LogP contribution is 2.19. The molecule has 0 aliphatic heterocycles. The van der Waals surface area contributed by atoms with Crippen molar-refractivity contribution in [2.24, 2.45) is 0 Å². The van der Waals surface area contributed by atoms with Gasteiger partial charge in [0.05, 0.1) is 5.56 Å². The number of aliphatic hydroxyl groups is 1. The van der Waals surface area contributed by atoms with Crippen molar-refractivity contribution in [3.63, 3.8) is 0 Å². The number of nitrogens with one attached hydrogen (secondary N) is 1. The SMILES string of the molecule is CC(CCO)NC(=O)c1cc(I)ccc1Br. The zero-order valence-corrected chi connectivity index (χ0v) is 12.6. The van der Waals surface area contributed by atoms with Crippen molar-refractivity contribution in [1.29, 1.82) is 0 Å². The van der Waals surface area contributed by atoms with Gasteiger partial charge in [0.25, 0.3) is 5.91 Å². The van der Waals surface area contributed by atoms with E-state index in [9.17, 15) is 4.79 Å². The molecule has 1 amide bonds. The average Bonchev–Trinajstić information content (AvgIpc) is 2.21. The molecule has 0 saturated carbocycles. The van der Waals surface area contributed by atoms with E-state index in [1.807, 2.05) is 25.1 Å². The minimum atomic E-state index is -0.119. The molecule has 0 heterocycles. The Morgan fingerprint density at radius 3 is 2.94 bits per heavy atom. The molecule has 5 heteroatoms. The summed E-state index contributed by atoms with van der Waals surface area (Å²) in [5.41, 5.74) is 0.622. The van der Waals surface area contributed by atoms with Gasteiger partial charge < -0.3 is 10.4 Å². The minimum Gasteiger partial charge on any atom is -0.396 e. The molecule has 1 unspecified atom stereocenters.